The third kappa shape index (κ3) is 53.0. The van der Waals surface area contributed by atoms with Gasteiger partial charge in [-0.1, -0.05) is 276 Å². The first-order chi connectivity index (χ1) is 31.6. The van der Waals surface area contributed by atoms with E-state index in [-0.39, 0.29) is 18.5 Å². The quantitative estimate of drug-likeness (QED) is 0.0346. The number of carbonyl (C=O) groups is 2. The number of hydrogen-bond donors (Lipinski definition) is 0. The first-order valence-corrected chi connectivity index (χ1v) is 28.9. The van der Waals surface area contributed by atoms with E-state index in [1.54, 1.807) is 0 Å². The van der Waals surface area contributed by atoms with Gasteiger partial charge in [0, 0.05) is 19.4 Å². The van der Waals surface area contributed by atoms with Crippen molar-refractivity contribution in [1.29, 1.82) is 0 Å². The second kappa shape index (κ2) is 55.7. The van der Waals surface area contributed by atoms with Gasteiger partial charge in [0.1, 0.15) is 6.61 Å². The Hall–Kier alpha value is -1.62. The van der Waals surface area contributed by atoms with Gasteiger partial charge in [-0.05, 0) is 51.4 Å². The molecule has 0 rings (SSSR count). The van der Waals surface area contributed by atoms with Crippen LogP contribution in [0.5, 0.6) is 0 Å². The largest absolute Gasteiger partial charge is 0.462 e. The highest BCUT2D eigenvalue weighted by atomic mass is 16.6. The summed E-state index contributed by atoms with van der Waals surface area (Å²) < 4.78 is 17.5. The fourth-order valence-corrected chi connectivity index (χ4v) is 8.66. The fourth-order valence-electron chi connectivity index (χ4n) is 8.66. The average molecular weight is 902 g/mol. The molecule has 0 aliphatic heterocycles. The number of esters is 2. The molecular weight excluding hydrogens is 789 g/mol. The van der Waals surface area contributed by atoms with Crippen LogP contribution in [-0.4, -0.2) is 37.9 Å². The molecule has 64 heavy (non-hydrogen) atoms. The monoisotopic (exact) mass is 901 g/mol. The number of allylic oxidation sites excluding steroid dienone is 4. The molecule has 0 aromatic rings. The van der Waals surface area contributed by atoms with Crippen LogP contribution in [0, 0.1) is 0 Å². The van der Waals surface area contributed by atoms with E-state index in [1.165, 1.54) is 244 Å². The summed E-state index contributed by atoms with van der Waals surface area (Å²) in [7, 11) is 0. The van der Waals surface area contributed by atoms with Gasteiger partial charge in [-0.25, -0.2) is 0 Å². The predicted octanol–water partition coefficient (Wildman–Crippen LogP) is 19.6. The van der Waals surface area contributed by atoms with Crippen molar-refractivity contribution in [2.24, 2.45) is 0 Å². The van der Waals surface area contributed by atoms with E-state index in [4.69, 9.17) is 14.2 Å². The molecule has 0 aromatic heterocycles. The van der Waals surface area contributed by atoms with Gasteiger partial charge in [0.05, 0.1) is 6.61 Å². The van der Waals surface area contributed by atoms with Crippen LogP contribution in [0.3, 0.4) is 0 Å². The molecular formula is C59H112O5. The zero-order valence-electron chi connectivity index (χ0n) is 43.6. The van der Waals surface area contributed by atoms with Crippen molar-refractivity contribution in [3.63, 3.8) is 0 Å². The van der Waals surface area contributed by atoms with Crippen LogP contribution < -0.4 is 0 Å². The standard InChI is InChI=1S/C59H112O5/c1-4-7-10-13-16-19-22-25-28-30-32-34-37-40-43-46-49-52-58(60)63-56-57(55-62-54-51-48-45-42-39-36-33-29-26-23-20-17-14-11-8-5-2)64-59(61)53-50-47-44-41-38-35-31-27-24-21-18-15-12-9-6-3/h16,19,25,28,57H,4-15,17-18,20-24,26-27,29-56H2,1-3H3/b19-16-,28-25-. The van der Waals surface area contributed by atoms with Crippen molar-refractivity contribution >= 4 is 11.9 Å². The van der Waals surface area contributed by atoms with E-state index in [2.05, 4.69) is 45.1 Å². The van der Waals surface area contributed by atoms with Crippen molar-refractivity contribution < 1.29 is 23.8 Å². The Labute approximate surface area is 400 Å². The lowest BCUT2D eigenvalue weighted by molar-refractivity contribution is -0.163. The average Bonchev–Trinajstić information content (AvgIpc) is 3.30. The van der Waals surface area contributed by atoms with Gasteiger partial charge in [-0.2, -0.15) is 0 Å². The van der Waals surface area contributed by atoms with Gasteiger partial charge in [-0.15, -0.1) is 0 Å². The van der Waals surface area contributed by atoms with Crippen molar-refractivity contribution in [1.82, 2.24) is 0 Å². The summed E-state index contributed by atoms with van der Waals surface area (Å²) in [6.45, 7) is 7.87. The third-order valence-corrected chi connectivity index (χ3v) is 13.0. The molecule has 5 heteroatoms. The summed E-state index contributed by atoms with van der Waals surface area (Å²) in [5.74, 6) is -0.382. The minimum atomic E-state index is -0.532. The second-order valence-electron chi connectivity index (χ2n) is 19.6. The van der Waals surface area contributed by atoms with Crippen LogP contribution in [0.4, 0.5) is 0 Å². The molecule has 0 spiro atoms. The Bertz CT molecular complexity index is 974. The summed E-state index contributed by atoms with van der Waals surface area (Å²) in [5.41, 5.74) is 0. The van der Waals surface area contributed by atoms with Crippen LogP contribution in [0.15, 0.2) is 24.3 Å². The highest BCUT2D eigenvalue weighted by Gasteiger charge is 2.17. The third-order valence-electron chi connectivity index (χ3n) is 13.0. The van der Waals surface area contributed by atoms with Gasteiger partial charge in [0.15, 0.2) is 6.10 Å². The Morgan fingerprint density at radius 2 is 0.656 bits per heavy atom. The van der Waals surface area contributed by atoms with E-state index < -0.39 is 6.10 Å². The maximum absolute atomic E-state index is 12.8. The number of unbranched alkanes of at least 4 members (excludes halogenated alkanes) is 39. The van der Waals surface area contributed by atoms with Gasteiger partial charge in [-0.3, -0.25) is 9.59 Å². The lowest BCUT2D eigenvalue weighted by Crippen LogP contribution is -2.30. The predicted molar refractivity (Wildman–Crippen MR) is 279 cm³/mol. The maximum atomic E-state index is 12.8. The molecule has 0 bridgehead atoms. The minimum Gasteiger partial charge on any atom is -0.462 e. The first-order valence-electron chi connectivity index (χ1n) is 28.9. The topological polar surface area (TPSA) is 61.8 Å². The van der Waals surface area contributed by atoms with Crippen LogP contribution >= 0.6 is 0 Å². The molecule has 0 aliphatic carbocycles. The summed E-state index contributed by atoms with van der Waals surface area (Å²) in [5, 5.41) is 0. The Balaban J connectivity index is 4.22. The van der Waals surface area contributed by atoms with E-state index >= 15 is 0 Å². The van der Waals surface area contributed by atoms with E-state index in [1.807, 2.05) is 0 Å². The Morgan fingerprint density at radius 1 is 0.344 bits per heavy atom. The molecule has 0 N–H and O–H groups in total. The number of carbonyl (C=O) groups excluding carboxylic acids is 2. The smallest absolute Gasteiger partial charge is 0.306 e. The molecule has 1 atom stereocenters. The maximum Gasteiger partial charge on any atom is 0.306 e. The van der Waals surface area contributed by atoms with Gasteiger partial charge < -0.3 is 14.2 Å². The summed E-state index contributed by atoms with van der Waals surface area (Å²) in [6, 6.07) is 0. The van der Waals surface area contributed by atoms with Gasteiger partial charge >= 0.3 is 11.9 Å². The molecule has 0 heterocycles. The van der Waals surface area contributed by atoms with E-state index in [9.17, 15) is 9.59 Å². The number of ether oxygens (including phenoxy) is 3. The van der Waals surface area contributed by atoms with E-state index in [0.29, 0.717) is 26.1 Å². The highest BCUT2D eigenvalue weighted by molar-refractivity contribution is 5.70. The molecule has 0 amide bonds. The van der Waals surface area contributed by atoms with Gasteiger partial charge in [0.25, 0.3) is 0 Å². The molecule has 1 unspecified atom stereocenters. The van der Waals surface area contributed by atoms with E-state index in [0.717, 1.165) is 38.5 Å². The van der Waals surface area contributed by atoms with Crippen molar-refractivity contribution in [3.05, 3.63) is 24.3 Å². The molecule has 0 saturated heterocycles. The molecule has 5 nitrogen and oxygen atoms in total. The Kier molecular flexibility index (Phi) is 54.3. The molecule has 0 aromatic carbocycles. The molecule has 0 aliphatic rings. The fraction of sp³-hybridized carbons (Fsp3) is 0.898. The Morgan fingerprint density at radius 3 is 1.06 bits per heavy atom. The van der Waals surface area contributed by atoms with Crippen molar-refractivity contribution in [2.75, 3.05) is 19.8 Å². The number of hydrogen-bond acceptors (Lipinski definition) is 5. The highest BCUT2D eigenvalue weighted by Crippen LogP contribution is 2.17. The van der Waals surface area contributed by atoms with Crippen LogP contribution in [-0.2, 0) is 23.8 Å². The molecule has 0 radical (unpaired) electrons. The zero-order chi connectivity index (χ0) is 46.3. The first kappa shape index (κ1) is 62.4. The molecule has 0 fully saturated rings. The molecule has 378 valence electrons. The van der Waals surface area contributed by atoms with Crippen molar-refractivity contribution in [3.8, 4) is 0 Å². The van der Waals surface area contributed by atoms with Crippen LogP contribution in [0.25, 0.3) is 0 Å². The summed E-state index contributed by atoms with van der Waals surface area (Å²) >= 11 is 0. The van der Waals surface area contributed by atoms with Gasteiger partial charge in [0.2, 0.25) is 0 Å². The summed E-state index contributed by atoms with van der Waals surface area (Å²) in [6.07, 6.45) is 66.2. The lowest BCUT2D eigenvalue weighted by Gasteiger charge is -2.18. The van der Waals surface area contributed by atoms with Crippen LogP contribution in [0.2, 0.25) is 0 Å². The second-order valence-corrected chi connectivity index (χ2v) is 19.6. The van der Waals surface area contributed by atoms with Crippen molar-refractivity contribution in [2.45, 2.75) is 322 Å². The minimum absolute atomic E-state index is 0.0894. The zero-order valence-corrected chi connectivity index (χ0v) is 43.6. The number of rotatable bonds is 54. The molecule has 0 saturated carbocycles. The normalized spacial score (nSPS) is 12.2. The van der Waals surface area contributed by atoms with Crippen LogP contribution in [0.1, 0.15) is 316 Å². The summed E-state index contributed by atoms with van der Waals surface area (Å²) in [4.78, 5) is 25.5. The lowest BCUT2D eigenvalue weighted by atomic mass is 10.0. The SMILES string of the molecule is CCCCC/C=C\C/C=C\CCCCCCCCCC(=O)OCC(COCCCCCCCCCCCCCCCCCC)OC(=O)CCCCCCCCCCCCCCCCC.